The van der Waals surface area contributed by atoms with Crippen molar-refractivity contribution in [3.8, 4) is 0 Å². The number of carbonyl (C=O) groups excluding carboxylic acids is 1. The van der Waals surface area contributed by atoms with E-state index >= 15 is 0 Å². The predicted molar refractivity (Wildman–Crippen MR) is 82.9 cm³/mol. The first-order valence-electron chi connectivity index (χ1n) is 7.24. The van der Waals surface area contributed by atoms with E-state index in [4.69, 9.17) is 22.1 Å². The maximum Gasteiger partial charge on any atom is 0.410 e. The topological polar surface area (TPSA) is 90.3 Å². The second-order valence-corrected chi connectivity index (χ2v) is 6.82. The molecule has 0 aliphatic heterocycles. The Bertz CT molecular complexity index is 682. The maximum absolute atomic E-state index is 12.4. The summed E-state index contributed by atoms with van der Waals surface area (Å²) in [5, 5.41) is 18.8. The number of hydrogen-bond acceptors (Lipinski definition) is 3. The quantitative estimate of drug-likeness (QED) is 0.451. The molecule has 3 N–H and O–H groups in total. The Balaban J connectivity index is 1.70. The number of hydrogen-bond donors (Lipinski definition) is 3. The van der Waals surface area contributed by atoms with Gasteiger partial charge in [-0.1, -0.05) is 30.7 Å². The minimum atomic E-state index is -1.27. The fourth-order valence-corrected chi connectivity index (χ4v) is 3.25. The van der Waals surface area contributed by atoms with Gasteiger partial charge in [-0.2, -0.15) is 0 Å². The summed E-state index contributed by atoms with van der Waals surface area (Å²) >= 11 is 6.31. The van der Waals surface area contributed by atoms with Crippen molar-refractivity contribution >= 4 is 29.3 Å². The number of carbonyl (C=O) groups is 2. The van der Waals surface area contributed by atoms with Gasteiger partial charge in [-0.25, -0.2) is 4.79 Å². The van der Waals surface area contributed by atoms with Gasteiger partial charge in [-0.15, -0.1) is 0 Å². The smallest absolute Gasteiger partial charge is 0.410 e. The highest BCUT2D eigenvalue weighted by molar-refractivity contribution is 6.32. The Morgan fingerprint density at radius 3 is 2.59 bits per heavy atom. The van der Waals surface area contributed by atoms with Gasteiger partial charge in [-0.3, -0.25) is 15.5 Å². The van der Waals surface area contributed by atoms with Crippen LogP contribution in [0.15, 0.2) is 18.2 Å². The van der Waals surface area contributed by atoms with Crippen LogP contribution in [0.5, 0.6) is 0 Å². The van der Waals surface area contributed by atoms with E-state index in [9.17, 15) is 9.59 Å². The van der Waals surface area contributed by atoms with Gasteiger partial charge >= 0.3 is 6.09 Å². The van der Waals surface area contributed by atoms with Crippen molar-refractivity contribution in [3.63, 3.8) is 0 Å². The molecule has 0 saturated heterocycles. The summed E-state index contributed by atoms with van der Waals surface area (Å²) in [6.07, 6.45) is 1.47. The molecule has 5 nitrogen and oxygen atoms in total. The van der Waals surface area contributed by atoms with Gasteiger partial charge in [-0.05, 0) is 36.3 Å². The van der Waals surface area contributed by atoms with Crippen molar-refractivity contribution < 1.29 is 14.7 Å². The van der Waals surface area contributed by atoms with E-state index in [2.05, 4.69) is 6.92 Å². The number of amides is 1. The Morgan fingerprint density at radius 1 is 1.36 bits per heavy atom. The van der Waals surface area contributed by atoms with Gasteiger partial charge in [0, 0.05) is 22.4 Å². The van der Waals surface area contributed by atoms with Crippen molar-refractivity contribution in [2.75, 3.05) is 0 Å². The van der Waals surface area contributed by atoms with Crippen LogP contribution in [-0.2, 0) is 5.41 Å². The number of rotatable bonds is 4. The first-order valence-corrected chi connectivity index (χ1v) is 7.62. The van der Waals surface area contributed by atoms with Gasteiger partial charge in [0.2, 0.25) is 0 Å². The first kappa shape index (κ1) is 15.0. The second-order valence-electron chi connectivity index (χ2n) is 6.41. The van der Waals surface area contributed by atoms with Crippen LogP contribution in [0.2, 0.25) is 5.02 Å². The van der Waals surface area contributed by atoms with Crippen LogP contribution < -0.4 is 5.32 Å². The van der Waals surface area contributed by atoms with Gasteiger partial charge in [0.25, 0.3) is 0 Å². The van der Waals surface area contributed by atoms with Crippen molar-refractivity contribution in [1.29, 1.82) is 5.41 Å². The van der Waals surface area contributed by atoms with Crippen molar-refractivity contribution in [2.24, 2.45) is 11.8 Å². The number of nitrogens with one attached hydrogen (secondary N) is 2. The summed E-state index contributed by atoms with van der Waals surface area (Å²) < 4.78 is 0. The lowest BCUT2D eigenvalue weighted by Gasteiger charge is -2.12. The third-order valence-corrected chi connectivity index (χ3v) is 4.96. The fraction of sp³-hybridized carbons (Fsp3) is 0.438. The van der Waals surface area contributed by atoms with E-state index in [-0.39, 0.29) is 28.9 Å². The number of Topliss-reactive ketones (excluding diaryl/α,β-unsaturated/α-hetero) is 1. The average molecular weight is 321 g/mol. The first-order chi connectivity index (χ1) is 10.3. The van der Waals surface area contributed by atoms with Crippen LogP contribution in [0.3, 0.4) is 0 Å². The number of ketones is 1. The highest BCUT2D eigenvalue weighted by Crippen LogP contribution is 2.50. The van der Waals surface area contributed by atoms with Crippen LogP contribution >= 0.6 is 11.6 Å². The normalized spacial score (nSPS) is 24.5. The highest BCUT2D eigenvalue weighted by atomic mass is 35.5. The molecule has 3 rings (SSSR count). The van der Waals surface area contributed by atoms with Crippen LogP contribution in [0.1, 0.15) is 42.1 Å². The Morgan fingerprint density at radius 2 is 2.05 bits per heavy atom. The molecule has 0 heterocycles. The summed E-state index contributed by atoms with van der Waals surface area (Å²) in [7, 11) is 0. The second kappa shape index (κ2) is 5.09. The van der Waals surface area contributed by atoms with E-state index in [1.54, 1.807) is 12.1 Å². The lowest BCUT2D eigenvalue weighted by atomic mass is 9.95. The summed E-state index contributed by atoms with van der Waals surface area (Å²) in [5.74, 6) is -0.837. The van der Waals surface area contributed by atoms with Gasteiger partial charge in [0.05, 0.1) is 0 Å². The molecule has 2 aliphatic carbocycles. The SMILES string of the molecule is CC1(c2ccc(C(=O)[C@H]3C[C@@H]3C(=N)NC(=O)O)cc2Cl)CC1. The van der Waals surface area contributed by atoms with E-state index < -0.39 is 6.09 Å². The maximum atomic E-state index is 12.4. The standard InChI is InChI=1S/C16H17ClN2O3/c1-16(4-5-16)11-3-2-8(6-12(11)17)13(20)9-7-10(9)14(18)19-15(21)22/h2-3,6,9-10H,4-5,7H2,1H3,(H2,18,19)(H,21,22)/t9-,10-/m0/s1. The minimum Gasteiger partial charge on any atom is -0.465 e. The lowest BCUT2D eigenvalue weighted by molar-refractivity contribution is 0.0964. The van der Waals surface area contributed by atoms with Gasteiger partial charge < -0.3 is 5.11 Å². The molecular formula is C16H17ClN2O3. The zero-order valence-corrected chi connectivity index (χ0v) is 12.9. The molecule has 0 unspecified atom stereocenters. The summed E-state index contributed by atoms with van der Waals surface area (Å²) in [6, 6.07) is 5.41. The molecule has 2 fully saturated rings. The molecule has 1 amide bonds. The Kier molecular flexibility index (Phi) is 3.48. The van der Waals surface area contributed by atoms with E-state index in [0.717, 1.165) is 18.4 Å². The molecule has 2 aliphatic rings. The molecule has 22 heavy (non-hydrogen) atoms. The van der Waals surface area contributed by atoms with E-state index in [1.165, 1.54) is 0 Å². The fourth-order valence-electron chi connectivity index (χ4n) is 2.84. The Labute approximate surface area is 133 Å². The molecule has 6 heteroatoms. The molecule has 116 valence electrons. The van der Waals surface area contributed by atoms with E-state index in [0.29, 0.717) is 17.0 Å². The van der Waals surface area contributed by atoms with Crippen LogP contribution in [-0.4, -0.2) is 22.8 Å². The minimum absolute atomic E-state index is 0.0728. The summed E-state index contributed by atoms with van der Waals surface area (Å²) in [5.41, 5.74) is 1.76. The molecule has 0 spiro atoms. The Hall–Kier alpha value is -1.88. The molecule has 2 atom stereocenters. The average Bonchev–Trinajstić information content (AvgIpc) is 3.32. The molecular weight excluding hydrogens is 304 g/mol. The number of amidine groups is 1. The third-order valence-electron chi connectivity index (χ3n) is 4.64. The van der Waals surface area contributed by atoms with Crippen molar-refractivity contribution in [2.45, 2.75) is 31.6 Å². The highest BCUT2D eigenvalue weighted by Gasteiger charge is 2.47. The summed E-state index contributed by atoms with van der Waals surface area (Å²) in [4.78, 5) is 22.9. The molecule has 0 bridgehead atoms. The van der Waals surface area contributed by atoms with Gasteiger partial charge in [0.1, 0.15) is 5.84 Å². The van der Waals surface area contributed by atoms with Gasteiger partial charge in [0.15, 0.2) is 5.78 Å². The molecule has 0 aromatic heterocycles. The molecule has 1 aromatic rings. The monoisotopic (exact) mass is 320 g/mol. The van der Waals surface area contributed by atoms with E-state index in [1.807, 2.05) is 11.4 Å². The number of carboxylic acid groups (broad SMARTS) is 1. The zero-order valence-electron chi connectivity index (χ0n) is 12.1. The van der Waals surface area contributed by atoms with Crippen LogP contribution in [0, 0.1) is 17.2 Å². The van der Waals surface area contributed by atoms with Crippen molar-refractivity contribution in [1.82, 2.24) is 5.32 Å². The van der Waals surface area contributed by atoms with Crippen LogP contribution in [0.4, 0.5) is 4.79 Å². The third kappa shape index (κ3) is 2.73. The predicted octanol–water partition coefficient (Wildman–Crippen LogP) is 3.46. The molecule has 2 saturated carbocycles. The molecule has 0 radical (unpaired) electrons. The number of halogens is 1. The molecule has 1 aromatic carbocycles. The number of benzene rings is 1. The zero-order chi connectivity index (χ0) is 16.1. The van der Waals surface area contributed by atoms with Crippen LogP contribution in [0.25, 0.3) is 0 Å². The summed E-state index contributed by atoms with van der Waals surface area (Å²) in [6.45, 7) is 2.16. The lowest BCUT2D eigenvalue weighted by Crippen LogP contribution is -2.30. The van der Waals surface area contributed by atoms with Crippen molar-refractivity contribution in [3.05, 3.63) is 34.3 Å². The largest absolute Gasteiger partial charge is 0.465 e.